The topological polar surface area (TPSA) is 39.9 Å². The van der Waals surface area contributed by atoms with E-state index < -0.39 is 0 Å². The Hall–Kier alpha value is -0.840. The molecule has 0 aromatic carbocycles. The molecule has 3 rings (SSSR count). The lowest BCUT2D eigenvalue weighted by Crippen LogP contribution is -2.25. The van der Waals surface area contributed by atoms with Crippen LogP contribution in [0.1, 0.15) is 31.6 Å². The summed E-state index contributed by atoms with van der Waals surface area (Å²) in [6, 6.07) is 2.21. The molecule has 1 saturated heterocycles. The van der Waals surface area contributed by atoms with Crippen molar-refractivity contribution in [2.24, 2.45) is 5.92 Å². The Morgan fingerprint density at radius 3 is 2.90 bits per heavy atom. The van der Waals surface area contributed by atoms with E-state index in [0.29, 0.717) is 22.9 Å². The summed E-state index contributed by atoms with van der Waals surface area (Å²) in [4.78, 5) is 9.17. The van der Waals surface area contributed by atoms with Crippen LogP contribution in [-0.2, 0) is 11.2 Å². The molecular formula is C15H19Cl2N3O. The molecule has 114 valence electrons. The van der Waals surface area contributed by atoms with E-state index in [4.69, 9.17) is 27.9 Å². The van der Waals surface area contributed by atoms with E-state index in [1.165, 1.54) is 0 Å². The van der Waals surface area contributed by atoms with Gasteiger partial charge in [0.2, 0.25) is 0 Å². The second-order valence-electron chi connectivity index (χ2n) is 5.52. The van der Waals surface area contributed by atoms with E-state index in [-0.39, 0.29) is 0 Å². The summed E-state index contributed by atoms with van der Waals surface area (Å²) >= 11 is 12.0. The van der Waals surface area contributed by atoms with Crippen LogP contribution in [-0.4, -0.2) is 33.6 Å². The van der Waals surface area contributed by atoms with E-state index >= 15 is 0 Å². The van der Waals surface area contributed by atoms with Gasteiger partial charge >= 0.3 is 0 Å². The molecule has 0 N–H and O–H groups in total. The fourth-order valence-corrected chi connectivity index (χ4v) is 3.42. The molecule has 0 bridgehead atoms. The molecule has 0 radical (unpaired) electrons. The van der Waals surface area contributed by atoms with Gasteiger partial charge in [-0.2, -0.15) is 0 Å². The van der Waals surface area contributed by atoms with Crippen LogP contribution in [0.5, 0.6) is 0 Å². The van der Waals surface area contributed by atoms with Gasteiger partial charge in [-0.25, -0.2) is 9.97 Å². The van der Waals surface area contributed by atoms with Crippen LogP contribution in [0, 0.1) is 5.92 Å². The van der Waals surface area contributed by atoms with Crippen LogP contribution < -0.4 is 0 Å². The van der Waals surface area contributed by atoms with E-state index in [2.05, 4.69) is 21.5 Å². The number of fused-ring (bicyclic) bond motifs is 1. The highest BCUT2D eigenvalue weighted by Crippen LogP contribution is 2.31. The Balaban J connectivity index is 2.03. The third kappa shape index (κ3) is 3.03. The van der Waals surface area contributed by atoms with Crippen LogP contribution in [0.3, 0.4) is 0 Å². The van der Waals surface area contributed by atoms with Gasteiger partial charge in [0, 0.05) is 37.8 Å². The summed E-state index contributed by atoms with van der Waals surface area (Å²) in [6.45, 7) is 3.92. The first-order valence-electron chi connectivity index (χ1n) is 7.36. The summed E-state index contributed by atoms with van der Waals surface area (Å²) in [5.41, 5.74) is 1.75. The number of ether oxygens (including phenoxy) is 1. The van der Waals surface area contributed by atoms with Gasteiger partial charge < -0.3 is 9.30 Å². The second-order valence-corrected chi connectivity index (χ2v) is 6.34. The number of pyridine rings is 1. The molecule has 2 aromatic rings. The average molecular weight is 328 g/mol. The zero-order valence-electron chi connectivity index (χ0n) is 12.1. The van der Waals surface area contributed by atoms with Crippen molar-refractivity contribution >= 4 is 34.4 Å². The smallest absolute Gasteiger partial charge is 0.160 e. The van der Waals surface area contributed by atoms with Gasteiger partial charge in [-0.3, -0.25) is 0 Å². The van der Waals surface area contributed by atoms with E-state index in [1.807, 2.05) is 6.07 Å². The van der Waals surface area contributed by atoms with Gasteiger partial charge in [0.1, 0.15) is 11.3 Å². The molecule has 4 nitrogen and oxygen atoms in total. The largest absolute Gasteiger partial charge is 0.381 e. The van der Waals surface area contributed by atoms with E-state index in [9.17, 15) is 0 Å². The molecule has 0 aliphatic carbocycles. The maximum atomic E-state index is 6.03. The van der Waals surface area contributed by atoms with Crippen LogP contribution in [0.15, 0.2) is 12.3 Å². The molecule has 1 aliphatic rings. The number of nitrogens with zero attached hydrogens (tertiary/aromatic N) is 3. The summed E-state index contributed by atoms with van der Waals surface area (Å²) in [5, 5.41) is 0.614. The number of alkyl halides is 1. The van der Waals surface area contributed by atoms with Crippen molar-refractivity contribution in [3.63, 3.8) is 0 Å². The lowest BCUT2D eigenvalue weighted by Gasteiger charge is -2.29. The Labute approximate surface area is 134 Å². The highest BCUT2D eigenvalue weighted by molar-refractivity contribution is 6.31. The first-order chi connectivity index (χ1) is 10.2. The third-order valence-electron chi connectivity index (χ3n) is 4.24. The fraction of sp³-hybridized carbons (Fsp3) is 0.600. The van der Waals surface area contributed by atoms with Crippen LogP contribution in [0.2, 0.25) is 5.02 Å². The Bertz CT molecular complexity index is 623. The first-order valence-corrected chi connectivity index (χ1v) is 8.28. The standard InChI is InChI=1S/C15H19Cl2N3O/c1-10(11-3-6-21-7-4-11)20-14(2-5-16)19-13-8-12(17)9-18-15(13)20/h8-11H,2-7H2,1H3. The van der Waals surface area contributed by atoms with Gasteiger partial charge in [0.15, 0.2) is 5.65 Å². The van der Waals surface area contributed by atoms with Crippen molar-refractivity contribution in [2.45, 2.75) is 32.2 Å². The summed E-state index contributed by atoms with van der Waals surface area (Å²) < 4.78 is 7.71. The van der Waals surface area contributed by atoms with Gasteiger partial charge in [-0.1, -0.05) is 11.6 Å². The average Bonchev–Trinajstić information content (AvgIpc) is 2.85. The van der Waals surface area contributed by atoms with Gasteiger partial charge in [0.25, 0.3) is 0 Å². The van der Waals surface area contributed by atoms with Gasteiger partial charge in [0.05, 0.1) is 5.02 Å². The van der Waals surface area contributed by atoms with Crippen LogP contribution in [0.4, 0.5) is 0 Å². The summed E-state index contributed by atoms with van der Waals surface area (Å²) in [7, 11) is 0. The molecule has 1 fully saturated rings. The minimum absolute atomic E-state index is 0.339. The van der Waals surface area contributed by atoms with Gasteiger partial charge in [-0.15, -0.1) is 11.6 Å². The minimum Gasteiger partial charge on any atom is -0.381 e. The summed E-state index contributed by atoms with van der Waals surface area (Å²) in [6.07, 6.45) is 4.58. The van der Waals surface area contributed by atoms with Gasteiger partial charge in [-0.05, 0) is 31.7 Å². The maximum Gasteiger partial charge on any atom is 0.160 e. The molecule has 0 amide bonds. The van der Waals surface area contributed by atoms with Crippen molar-refractivity contribution in [3.05, 3.63) is 23.1 Å². The number of hydrogen-bond donors (Lipinski definition) is 0. The molecular weight excluding hydrogens is 309 g/mol. The predicted molar refractivity (Wildman–Crippen MR) is 85.2 cm³/mol. The van der Waals surface area contributed by atoms with Crippen molar-refractivity contribution in [2.75, 3.05) is 19.1 Å². The van der Waals surface area contributed by atoms with Crippen molar-refractivity contribution in [3.8, 4) is 0 Å². The Kier molecular flexibility index (Phi) is 4.67. The predicted octanol–water partition coefficient (Wildman–Crippen LogP) is 3.85. The first kappa shape index (κ1) is 15.1. The highest BCUT2D eigenvalue weighted by Gasteiger charge is 2.25. The molecule has 1 unspecified atom stereocenters. The third-order valence-corrected chi connectivity index (χ3v) is 4.64. The lowest BCUT2D eigenvalue weighted by atomic mass is 9.92. The maximum absolute atomic E-state index is 6.03. The number of imidazole rings is 1. The Morgan fingerprint density at radius 2 is 2.19 bits per heavy atom. The molecule has 0 saturated carbocycles. The normalized spacial score (nSPS) is 18.2. The minimum atomic E-state index is 0.339. The van der Waals surface area contributed by atoms with E-state index in [1.54, 1.807) is 6.20 Å². The second kappa shape index (κ2) is 6.51. The molecule has 0 spiro atoms. The number of hydrogen-bond acceptors (Lipinski definition) is 3. The van der Waals surface area contributed by atoms with Crippen molar-refractivity contribution in [1.82, 2.24) is 14.5 Å². The number of rotatable bonds is 4. The number of halogens is 2. The monoisotopic (exact) mass is 327 g/mol. The summed E-state index contributed by atoms with van der Waals surface area (Å²) in [5.74, 6) is 2.13. The number of aromatic nitrogens is 3. The molecule has 6 heteroatoms. The van der Waals surface area contributed by atoms with E-state index in [0.717, 1.165) is 49.5 Å². The van der Waals surface area contributed by atoms with Crippen LogP contribution in [0.25, 0.3) is 11.2 Å². The zero-order valence-corrected chi connectivity index (χ0v) is 13.6. The van der Waals surface area contributed by atoms with Crippen LogP contribution >= 0.6 is 23.2 Å². The zero-order chi connectivity index (χ0) is 14.8. The van der Waals surface area contributed by atoms with Crippen molar-refractivity contribution in [1.29, 1.82) is 0 Å². The molecule has 3 heterocycles. The SMILES string of the molecule is CC(C1CCOCC1)n1c(CCCl)nc2cc(Cl)cnc21. The Morgan fingerprint density at radius 1 is 1.43 bits per heavy atom. The molecule has 2 aromatic heterocycles. The number of aryl methyl sites for hydroxylation is 1. The molecule has 1 aliphatic heterocycles. The van der Waals surface area contributed by atoms with Crippen molar-refractivity contribution < 1.29 is 4.74 Å². The fourth-order valence-electron chi connectivity index (χ4n) is 3.10. The molecule has 1 atom stereocenters. The quantitative estimate of drug-likeness (QED) is 0.800. The highest BCUT2D eigenvalue weighted by atomic mass is 35.5. The molecule has 21 heavy (non-hydrogen) atoms. The lowest BCUT2D eigenvalue weighted by molar-refractivity contribution is 0.0514.